The summed E-state index contributed by atoms with van der Waals surface area (Å²) in [6, 6.07) is 6.28. The van der Waals surface area contributed by atoms with Crippen molar-refractivity contribution in [2.75, 3.05) is 5.73 Å². The van der Waals surface area contributed by atoms with Crippen LogP contribution in [-0.4, -0.2) is 38.6 Å². The summed E-state index contributed by atoms with van der Waals surface area (Å²) < 4.78 is 3.90. The zero-order chi connectivity index (χ0) is 22.6. The van der Waals surface area contributed by atoms with E-state index in [-0.39, 0.29) is 28.7 Å². The lowest BCUT2D eigenvalue weighted by atomic mass is 10.1. The molecule has 0 fully saturated rings. The molecule has 2 aromatic rings. The van der Waals surface area contributed by atoms with E-state index in [1.165, 1.54) is 4.90 Å². The van der Waals surface area contributed by atoms with E-state index in [2.05, 4.69) is 9.69 Å². The molecule has 10 heteroatoms. The number of rotatable bonds is 7. The maximum Gasteiger partial charge on any atom is 0.270 e. The number of benzene rings is 1. The highest BCUT2D eigenvalue weighted by Crippen LogP contribution is 2.27. The predicted octanol–water partition coefficient (Wildman–Crippen LogP) is 2.81. The van der Waals surface area contributed by atoms with Crippen LogP contribution in [-0.2, 0) is 11.3 Å². The van der Waals surface area contributed by atoms with Gasteiger partial charge in [0.15, 0.2) is 5.69 Å². The topological polar surface area (TPSA) is 131 Å². The number of nitrogen functional groups attached to an aromatic ring is 1. The summed E-state index contributed by atoms with van der Waals surface area (Å²) in [4.78, 5) is 39.4. The van der Waals surface area contributed by atoms with Crippen LogP contribution in [0.4, 0.5) is 5.69 Å². The summed E-state index contributed by atoms with van der Waals surface area (Å²) in [6.07, 6.45) is 0.361. The van der Waals surface area contributed by atoms with E-state index >= 15 is 0 Å². The highest BCUT2D eigenvalue weighted by Gasteiger charge is 2.34. The van der Waals surface area contributed by atoms with E-state index in [4.69, 9.17) is 23.1 Å². The third-order valence-electron chi connectivity index (χ3n) is 4.28. The van der Waals surface area contributed by atoms with E-state index in [1.807, 2.05) is 27.7 Å². The summed E-state index contributed by atoms with van der Waals surface area (Å²) in [5.41, 5.74) is 11.2. The summed E-state index contributed by atoms with van der Waals surface area (Å²) in [6.45, 7) is 7.47. The highest BCUT2D eigenvalue weighted by atomic mass is 35.5. The minimum absolute atomic E-state index is 0.0536. The Morgan fingerprint density at radius 1 is 1.27 bits per heavy atom. The number of primary amides is 1. The fourth-order valence-corrected chi connectivity index (χ4v) is 3.85. The van der Waals surface area contributed by atoms with Crippen LogP contribution in [0.2, 0.25) is 5.02 Å². The minimum atomic E-state index is -0.821. The van der Waals surface area contributed by atoms with Gasteiger partial charge in [0.25, 0.3) is 11.8 Å². The Hall–Kier alpha value is -2.65. The smallest absolute Gasteiger partial charge is 0.270 e. The second kappa shape index (κ2) is 9.44. The Labute approximate surface area is 184 Å². The van der Waals surface area contributed by atoms with Gasteiger partial charge < -0.3 is 21.7 Å². The Morgan fingerprint density at radius 2 is 1.90 bits per heavy atom. The molecule has 0 aliphatic heterocycles. The second-order valence-corrected chi connectivity index (χ2v) is 9.01. The van der Waals surface area contributed by atoms with Gasteiger partial charge in [-0.15, -0.1) is 0 Å². The third kappa shape index (κ3) is 5.48. The van der Waals surface area contributed by atoms with Crippen molar-refractivity contribution in [3.05, 3.63) is 45.4 Å². The molecule has 2 rings (SSSR count). The summed E-state index contributed by atoms with van der Waals surface area (Å²) in [5, 5.41) is 3.38. The molecule has 5 N–H and O–H groups in total. The van der Waals surface area contributed by atoms with E-state index in [0.29, 0.717) is 17.0 Å². The van der Waals surface area contributed by atoms with Crippen LogP contribution in [0.1, 0.15) is 59.8 Å². The number of nitrogens with one attached hydrogen (secondary N) is 1. The van der Waals surface area contributed by atoms with E-state index in [1.54, 1.807) is 24.3 Å². The average Bonchev–Trinajstić information content (AvgIpc) is 3.02. The lowest BCUT2D eigenvalue weighted by Crippen LogP contribution is -2.53. The van der Waals surface area contributed by atoms with Gasteiger partial charge in [-0.3, -0.25) is 14.4 Å². The summed E-state index contributed by atoms with van der Waals surface area (Å²) in [5.74, 6) is -1.64. The Balaban J connectivity index is 2.49. The molecular formula is C20H26ClN5O3S. The standard InChI is InChI=1S/C20H26ClN5O3S/c1-5-13(18(28)24-20(2,3)4)26(10-11-8-6-7-9-12(11)21)19(29)16-14(22)15(17(23)27)25-30-16/h6-9,13H,5,10,22H2,1-4H3,(H2,23,27)(H,24,28)/t13-/m0/s1. The summed E-state index contributed by atoms with van der Waals surface area (Å²) >= 11 is 7.07. The maximum absolute atomic E-state index is 13.4. The number of amides is 3. The third-order valence-corrected chi connectivity index (χ3v) is 5.50. The average molecular weight is 452 g/mol. The van der Waals surface area contributed by atoms with Crippen molar-refractivity contribution < 1.29 is 14.4 Å². The van der Waals surface area contributed by atoms with Crippen molar-refractivity contribution in [2.24, 2.45) is 5.73 Å². The normalized spacial score (nSPS) is 12.3. The van der Waals surface area contributed by atoms with Gasteiger partial charge in [-0.2, -0.15) is 4.37 Å². The number of hydrogen-bond acceptors (Lipinski definition) is 6. The van der Waals surface area contributed by atoms with Crippen molar-refractivity contribution in [1.29, 1.82) is 0 Å². The van der Waals surface area contributed by atoms with Crippen molar-refractivity contribution in [3.8, 4) is 0 Å². The first-order valence-electron chi connectivity index (χ1n) is 9.37. The fourth-order valence-electron chi connectivity index (χ4n) is 2.89. The van der Waals surface area contributed by atoms with Gasteiger partial charge in [0, 0.05) is 17.1 Å². The molecule has 0 radical (unpaired) electrons. The van der Waals surface area contributed by atoms with Gasteiger partial charge in [-0.25, -0.2) is 0 Å². The molecule has 0 aliphatic carbocycles. The van der Waals surface area contributed by atoms with Gasteiger partial charge in [-0.05, 0) is 50.4 Å². The number of halogens is 1. The number of anilines is 1. The van der Waals surface area contributed by atoms with Crippen LogP contribution in [0.15, 0.2) is 24.3 Å². The highest BCUT2D eigenvalue weighted by molar-refractivity contribution is 7.09. The van der Waals surface area contributed by atoms with Crippen LogP contribution in [0.3, 0.4) is 0 Å². The molecule has 0 bridgehead atoms. The maximum atomic E-state index is 13.4. The molecule has 1 atom stereocenters. The van der Waals surface area contributed by atoms with Gasteiger partial charge in [-0.1, -0.05) is 36.7 Å². The molecule has 0 aliphatic rings. The Morgan fingerprint density at radius 3 is 2.40 bits per heavy atom. The van der Waals surface area contributed by atoms with Crippen LogP contribution < -0.4 is 16.8 Å². The lowest BCUT2D eigenvalue weighted by molar-refractivity contribution is -0.127. The molecule has 1 aromatic carbocycles. The first-order chi connectivity index (χ1) is 14.0. The number of carbonyl (C=O) groups is 3. The molecule has 30 heavy (non-hydrogen) atoms. The van der Waals surface area contributed by atoms with Crippen LogP contribution in [0.25, 0.3) is 0 Å². The number of aromatic nitrogens is 1. The molecule has 8 nitrogen and oxygen atoms in total. The SMILES string of the molecule is CC[C@@H](C(=O)NC(C)(C)C)N(Cc1ccccc1Cl)C(=O)c1snc(C(N)=O)c1N. The van der Waals surface area contributed by atoms with E-state index in [9.17, 15) is 14.4 Å². The molecule has 1 aromatic heterocycles. The van der Waals surface area contributed by atoms with Crippen molar-refractivity contribution >= 4 is 46.5 Å². The van der Waals surface area contributed by atoms with E-state index < -0.39 is 23.4 Å². The van der Waals surface area contributed by atoms with Crippen LogP contribution >= 0.6 is 23.1 Å². The van der Waals surface area contributed by atoms with Crippen molar-refractivity contribution in [1.82, 2.24) is 14.6 Å². The van der Waals surface area contributed by atoms with Crippen LogP contribution in [0, 0.1) is 0 Å². The number of nitrogens with two attached hydrogens (primary N) is 2. The van der Waals surface area contributed by atoms with Crippen molar-refractivity contribution in [2.45, 2.75) is 52.2 Å². The number of hydrogen-bond donors (Lipinski definition) is 3. The fraction of sp³-hybridized carbons (Fsp3) is 0.400. The Kier molecular flexibility index (Phi) is 7.44. The molecule has 162 valence electrons. The molecule has 0 saturated carbocycles. The lowest BCUT2D eigenvalue weighted by Gasteiger charge is -2.33. The number of carbonyl (C=O) groups excluding carboxylic acids is 3. The monoisotopic (exact) mass is 451 g/mol. The van der Waals surface area contributed by atoms with E-state index in [0.717, 1.165) is 11.5 Å². The molecule has 0 unspecified atom stereocenters. The quantitative estimate of drug-likeness (QED) is 0.595. The van der Waals surface area contributed by atoms with Crippen LogP contribution in [0.5, 0.6) is 0 Å². The molecule has 1 heterocycles. The first kappa shape index (κ1) is 23.6. The second-order valence-electron chi connectivity index (χ2n) is 7.83. The zero-order valence-electron chi connectivity index (χ0n) is 17.4. The number of nitrogens with zero attached hydrogens (tertiary/aromatic N) is 2. The molecule has 0 saturated heterocycles. The molecule has 0 spiro atoms. The van der Waals surface area contributed by atoms with Crippen molar-refractivity contribution in [3.63, 3.8) is 0 Å². The van der Waals surface area contributed by atoms with Gasteiger partial charge >= 0.3 is 0 Å². The first-order valence-corrected chi connectivity index (χ1v) is 10.5. The predicted molar refractivity (Wildman–Crippen MR) is 118 cm³/mol. The largest absolute Gasteiger partial charge is 0.395 e. The molecule has 3 amide bonds. The Bertz CT molecular complexity index is 954. The summed E-state index contributed by atoms with van der Waals surface area (Å²) in [7, 11) is 0. The minimum Gasteiger partial charge on any atom is -0.395 e. The van der Waals surface area contributed by atoms with Gasteiger partial charge in [0.05, 0.1) is 5.69 Å². The zero-order valence-corrected chi connectivity index (χ0v) is 18.9. The van der Waals surface area contributed by atoms with Gasteiger partial charge in [0.1, 0.15) is 10.9 Å². The van der Waals surface area contributed by atoms with Gasteiger partial charge in [0.2, 0.25) is 5.91 Å². The molecular weight excluding hydrogens is 426 g/mol.